The summed E-state index contributed by atoms with van der Waals surface area (Å²) in [7, 11) is 0. The van der Waals surface area contributed by atoms with Crippen LogP contribution >= 0.6 is 0 Å². The van der Waals surface area contributed by atoms with Gasteiger partial charge in [0.05, 0.1) is 11.3 Å². The van der Waals surface area contributed by atoms with Crippen LogP contribution in [0.5, 0.6) is 0 Å². The molecule has 2 aliphatic rings. The number of likely N-dealkylation sites (tertiary alicyclic amines) is 1. The van der Waals surface area contributed by atoms with Crippen molar-refractivity contribution in [3.05, 3.63) is 71.4 Å². The van der Waals surface area contributed by atoms with Crippen LogP contribution in [-0.4, -0.2) is 29.8 Å². The molecule has 2 aromatic rings. The number of benzene rings is 2. The molecule has 0 N–H and O–H groups in total. The van der Waals surface area contributed by atoms with Crippen LogP contribution in [0.1, 0.15) is 51.7 Å². The predicted molar refractivity (Wildman–Crippen MR) is 121 cm³/mol. The van der Waals surface area contributed by atoms with E-state index in [1.54, 1.807) is 0 Å². The first-order valence-electron chi connectivity index (χ1n) is 10.8. The minimum Gasteiger partial charge on any atom is -0.366 e. The summed E-state index contributed by atoms with van der Waals surface area (Å²) in [5.74, 6) is 0.0608. The van der Waals surface area contributed by atoms with Gasteiger partial charge < -0.3 is 4.90 Å². The Hall–Kier alpha value is -2.88. The Balaban J connectivity index is 1.76. The molecule has 0 aromatic heterocycles. The number of carbonyl (C=O) groups excluding carboxylic acids is 2. The molecule has 2 aromatic carbocycles. The number of carbonyl (C=O) groups is 2. The lowest BCUT2D eigenvalue weighted by molar-refractivity contribution is -0.120. The minimum atomic E-state index is -0.233. The normalized spacial score (nSPS) is 20.3. The zero-order valence-electron chi connectivity index (χ0n) is 18.3. The van der Waals surface area contributed by atoms with Gasteiger partial charge >= 0.3 is 0 Å². The van der Waals surface area contributed by atoms with E-state index >= 15 is 0 Å². The summed E-state index contributed by atoms with van der Waals surface area (Å²) >= 11 is 0. The highest BCUT2D eigenvalue weighted by atomic mass is 16.2. The van der Waals surface area contributed by atoms with Crippen molar-refractivity contribution >= 4 is 23.1 Å². The molecule has 1 atom stereocenters. The Morgan fingerprint density at radius 3 is 2.17 bits per heavy atom. The van der Waals surface area contributed by atoms with Crippen molar-refractivity contribution in [3.63, 3.8) is 0 Å². The monoisotopic (exact) mass is 402 g/mol. The SMILES string of the molecule is CC1CCCN(C2=C(c3ccccc3)C(=O)N(c3ccc(C(C)(C)C)cc3)C2=O)C1. The Labute approximate surface area is 179 Å². The summed E-state index contributed by atoms with van der Waals surface area (Å²) in [5.41, 5.74) is 3.70. The molecule has 0 aliphatic carbocycles. The van der Waals surface area contributed by atoms with Crippen LogP contribution in [0.3, 0.4) is 0 Å². The van der Waals surface area contributed by atoms with Crippen LogP contribution in [0, 0.1) is 5.92 Å². The number of imide groups is 1. The number of hydrogen-bond donors (Lipinski definition) is 0. The third kappa shape index (κ3) is 3.67. The molecule has 0 spiro atoms. The molecule has 2 aliphatic heterocycles. The number of anilines is 1. The van der Waals surface area contributed by atoms with E-state index in [0.717, 1.165) is 31.5 Å². The second kappa shape index (κ2) is 7.75. The van der Waals surface area contributed by atoms with E-state index < -0.39 is 0 Å². The fourth-order valence-corrected chi connectivity index (χ4v) is 4.41. The van der Waals surface area contributed by atoms with Crippen LogP contribution in [-0.2, 0) is 15.0 Å². The van der Waals surface area contributed by atoms with Gasteiger partial charge in [0.25, 0.3) is 11.8 Å². The summed E-state index contributed by atoms with van der Waals surface area (Å²) in [6.45, 7) is 10.3. The standard InChI is InChI=1S/C26H30N2O2/c1-18-9-8-16-27(17-18)23-22(19-10-6-5-7-11-19)24(29)28(25(23)30)21-14-12-20(13-15-21)26(2,3)4/h5-7,10-15,18H,8-9,16-17H2,1-4H3. The molecule has 2 heterocycles. The number of amides is 2. The summed E-state index contributed by atoms with van der Waals surface area (Å²) in [4.78, 5) is 30.6. The van der Waals surface area contributed by atoms with Crippen LogP contribution in [0.25, 0.3) is 5.57 Å². The van der Waals surface area contributed by atoms with E-state index in [2.05, 4.69) is 32.6 Å². The Morgan fingerprint density at radius 2 is 1.57 bits per heavy atom. The molecule has 1 fully saturated rings. The Bertz CT molecular complexity index is 984. The maximum absolute atomic E-state index is 13.6. The van der Waals surface area contributed by atoms with Crippen molar-refractivity contribution in [2.45, 2.75) is 46.0 Å². The second-order valence-corrected chi connectivity index (χ2v) is 9.53. The Kier molecular flexibility index (Phi) is 5.27. The zero-order chi connectivity index (χ0) is 21.5. The maximum Gasteiger partial charge on any atom is 0.282 e. The highest BCUT2D eigenvalue weighted by molar-refractivity contribution is 6.45. The van der Waals surface area contributed by atoms with Gasteiger partial charge in [-0.05, 0) is 47.4 Å². The van der Waals surface area contributed by atoms with Gasteiger partial charge in [0.2, 0.25) is 0 Å². The number of piperidine rings is 1. The fraction of sp³-hybridized carbons (Fsp3) is 0.385. The molecular formula is C26H30N2O2. The van der Waals surface area contributed by atoms with Gasteiger partial charge in [-0.2, -0.15) is 0 Å². The maximum atomic E-state index is 13.6. The highest BCUT2D eigenvalue weighted by Crippen LogP contribution is 2.37. The largest absolute Gasteiger partial charge is 0.366 e. The van der Waals surface area contributed by atoms with Crippen molar-refractivity contribution < 1.29 is 9.59 Å². The molecule has 0 saturated carbocycles. The lowest BCUT2D eigenvalue weighted by Crippen LogP contribution is -2.39. The molecular weight excluding hydrogens is 372 g/mol. The topological polar surface area (TPSA) is 40.6 Å². The van der Waals surface area contributed by atoms with Crippen LogP contribution in [0.15, 0.2) is 60.3 Å². The van der Waals surface area contributed by atoms with E-state index in [1.165, 1.54) is 10.5 Å². The average molecular weight is 403 g/mol. The van der Waals surface area contributed by atoms with Crippen molar-refractivity contribution in [1.29, 1.82) is 0 Å². The molecule has 0 radical (unpaired) electrons. The average Bonchev–Trinajstić information content (AvgIpc) is 2.98. The number of nitrogens with zero attached hydrogens (tertiary/aromatic N) is 2. The van der Waals surface area contributed by atoms with Crippen LogP contribution < -0.4 is 4.90 Å². The van der Waals surface area contributed by atoms with Crippen molar-refractivity contribution in [2.75, 3.05) is 18.0 Å². The molecule has 1 unspecified atom stereocenters. The summed E-state index contributed by atoms with van der Waals surface area (Å²) in [6.07, 6.45) is 2.19. The van der Waals surface area contributed by atoms with Crippen molar-refractivity contribution in [3.8, 4) is 0 Å². The van der Waals surface area contributed by atoms with Crippen molar-refractivity contribution in [2.24, 2.45) is 5.92 Å². The van der Waals surface area contributed by atoms with Crippen LogP contribution in [0.4, 0.5) is 5.69 Å². The molecule has 0 bridgehead atoms. The summed E-state index contributed by atoms with van der Waals surface area (Å²) in [5, 5.41) is 0. The first-order valence-corrected chi connectivity index (χ1v) is 10.8. The lowest BCUT2D eigenvalue weighted by atomic mass is 9.87. The Morgan fingerprint density at radius 1 is 0.900 bits per heavy atom. The van der Waals surface area contributed by atoms with Gasteiger partial charge in [-0.3, -0.25) is 9.59 Å². The zero-order valence-corrected chi connectivity index (χ0v) is 18.3. The van der Waals surface area contributed by atoms with Crippen LogP contribution in [0.2, 0.25) is 0 Å². The first kappa shape index (κ1) is 20.4. The molecule has 4 heteroatoms. The molecule has 2 amide bonds. The third-order valence-electron chi connectivity index (χ3n) is 6.09. The molecule has 156 valence electrons. The van der Waals surface area contributed by atoms with E-state index in [0.29, 0.717) is 22.9 Å². The van der Waals surface area contributed by atoms with E-state index in [1.807, 2.05) is 54.6 Å². The number of rotatable bonds is 3. The number of hydrogen-bond acceptors (Lipinski definition) is 3. The second-order valence-electron chi connectivity index (χ2n) is 9.53. The smallest absolute Gasteiger partial charge is 0.282 e. The van der Waals surface area contributed by atoms with E-state index in [9.17, 15) is 9.59 Å². The van der Waals surface area contributed by atoms with E-state index in [-0.39, 0.29) is 17.2 Å². The quantitative estimate of drug-likeness (QED) is 0.679. The van der Waals surface area contributed by atoms with Crippen molar-refractivity contribution in [1.82, 2.24) is 4.90 Å². The summed E-state index contributed by atoms with van der Waals surface area (Å²) < 4.78 is 0. The molecule has 30 heavy (non-hydrogen) atoms. The molecule has 1 saturated heterocycles. The molecule has 4 rings (SSSR count). The highest BCUT2D eigenvalue weighted by Gasteiger charge is 2.43. The van der Waals surface area contributed by atoms with Gasteiger partial charge in [0, 0.05) is 13.1 Å². The lowest BCUT2D eigenvalue weighted by Gasteiger charge is -2.33. The third-order valence-corrected chi connectivity index (χ3v) is 6.09. The van der Waals surface area contributed by atoms with Gasteiger partial charge in [0.15, 0.2) is 0 Å². The van der Waals surface area contributed by atoms with E-state index in [4.69, 9.17) is 0 Å². The first-order chi connectivity index (χ1) is 14.3. The predicted octanol–water partition coefficient (Wildman–Crippen LogP) is 5.00. The van der Waals surface area contributed by atoms with Gasteiger partial charge in [-0.15, -0.1) is 0 Å². The molecule has 4 nitrogen and oxygen atoms in total. The minimum absolute atomic E-state index is 0.0140. The van der Waals surface area contributed by atoms with Gasteiger partial charge in [-0.1, -0.05) is 70.2 Å². The summed E-state index contributed by atoms with van der Waals surface area (Å²) in [6, 6.07) is 17.4. The van der Waals surface area contributed by atoms with Gasteiger partial charge in [0.1, 0.15) is 5.70 Å². The fourth-order valence-electron chi connectivity index (χ4n) is 4.41. The van der Waals surface area contributed by atoms with Gasteiger partial charge in [-0.25, -0.2) is 4.90 Å².